The van der Waals surface area contributed by atoms with Crippen molar-refractivity contribution in [1.82, 2.24) is 0 Å². The number of aliphatic hydroxyl groups excluding tert-OH is 1. The summed E-state index contributed by atoms with van der Waals surface area (Å²) in [5.41, 5.74) is 0. The molecule has 0 saturated heterocycles. The lowest BCUT2D eigenvalue weighted by Gasteiger charge is -2.00. The summed E-state index contributed by atoms with van der Waals surface area (Å²) in [5, 5.41) is 8.94. The summed E-state index contributed by atoms with van der Waals surface area (Å²) in [6.45, 7) is 4.00. The highest BCUT2D eigenvalue weighted by atomic mass is 16.3. The van der Waals surface area contributed by atoms with E-state index < -0.39 is 0 Å². The summed E-state index contributed by atoms with van der Waals surface area (Å²) in [7, 11) is 0. The molecule has 0 unspecified atom stereocenters. The van der Waals surface area contributed by atoms with Gasteiger partial charge in [0.15, 0.2) is 0 Å². The van der Waals surface area contributed by atoms with Crippen LogP contribution in [0.1, 0.15) is 78.1 Å². The Labute approximate surface area is 95.6 Å². The van der Waals surface area contributed by atoms with E-state index in [0.29, 0.717) is 5.76 Å². The zero-order valence-corrected chi connectivity index (χ0v) is 10.6. The van der Waals surface area contributed by atoms with Gasteiger partial charge in [-0.1, -0.05) is 58.3 Å². The SMILES string of the molecule is CCCCCCCCCCC/C=C(\C)O. The lowest BCUT2D eigenvalue weighted by Crippen LogP contribution is -1.81. The van der Waals surface area contributed by atoms with E-state index in [1.165, 1.54) is 57.8 Å². The van der Waals surface area contributed by atoms with E-state index in [2.05, 4.69) is 6.92 Å². The molecule has 0 radical (unpaired) electrons. The predicted octanol–water partition coefficient (Wildman–Crippen LogP) is 5.37. The second kappa shape index (κ2) is 11.6. The van der Waals surface area contributed by atoms with E-state index in [-0.39, 0.29) is 0 Å². The van der Waals surface area contributed by atoms with Gasteiger partial charge in [0, 0.05) is 0 Å². The number of hydrogen-bond donors (Lipinski definition) is 1. The number of aliphatic hydroxyl groups is 1. The van der Waals surface area contributed by atoms with E-state index in [1.807, 2.05) is 6.08 Å². The second-order valence-electron chi connectivity index (χ2n) is 4.46. The van der Waals surface area contributed by atoms with Crippen LogP contribution in [0.5, 0.6) is 0 Å². The highest BCUT2D eigenvalue weighted by Gasteiger charge is 1.91. The predicted molar refractivity (Wildman–Crippen MR) is 68.2 cm³/mol. The van der Waals surface area contributed by atoms with Gasteiger partial charge in [-0.2, -0.15) is 0 Å². The lowest BCUT2D eigenvalue weighted by molar-refractivity contribution is 0.410. The molecule has 0 aliphatic heterocycles. The largest absolute Gasteiger partial charge is 0.513 e. The van der Waals surface area contributed by atoms with Gasteiger partial charge < -0.3 is 5.11 Å². The van der Waals surface area contributed by atoms with Crippen molar-refractivity contribution in [3.05, 3.63) is 11.8 Å². The first-order chi connectivity index (χ1) is 7.27. The van der Waals surface area contributed by atoms with Gasteiger partial charge in [0.2, 0.25) is 0 Å². The Morgan fingerprint density at radius 3 is 1.80 bits per heavy atom. The van der Waals surface area contributed by atoms with Crippen molar-refractivity contribution in [2.45, 2.75) is 78.1 Å². The van der Waals surface area contributed by atoms with Gasteiger partial charge in [0.25, 0.3) is 0 Å². The number of unbranched alkanes of at least 4 members (excludes halogenated alkanes) is 9. The van der Waals surface area contributed by atoms with Crippen molar-refractivity contribution >= 4 is 0 Å². The standard InChI is InChI=1S/C14H28O/c1-3-4-5-6-7-8-9-10-11-12-13-14(2)15/h13,15H,3-12H2,1-2H3/b14-13+. The summed E-state index contributed by atoms with van der Waals surface area (Å²) in [4.78, 5) is 0. The van der Waals surface area contributed by atoms with Crippen molar-refractivity contribution in [3.63, 3.8) is 0 Å². The van der Waals surface area contributed by atoms with Crippen LogP contribution in [0.4, 0.5) is 0 Å². The smallest absolute Gasteiger partial charge is 0.0851 e. The van der Waals surface area contributed by atoms with Gasteiger partial charge in [0.05, 0.1) is 5.76 Å². The van der Waals surface area contributed by atoms with Crippen LogP contribution in [-0.2, 0) is 0 Å². The Morgan fingerprint density at radius 2 is 1.33 bits per heavy atom. The first-order valence-corrected chi connectivity index (χ1v) is 6.63. The van der Waals surface area contributed by atoms with E-state index >= 15 is 0 Å². The van der Waals surface area contributed by atoms with Crippen LogP contribution in [-0.4, -0.2) is 5.11 Å². The minimum atomic E-state index is 0.467. The van der Waals surface area contributed by atoms with Gasteiger partial charge >= 0.3 is 0 Å². The topological polar surface area (TPSA) is 20.2 Å². The van der Waals surface area contributed by atoms with Gasteiger partial charge in [-0.25, -0.2) is 0 Å². The molecule has 0 spiro atoms. The number of rotatable bonds is 10. The molecule has 90 valence electrons. The molecule has 0 aromatic carbocycles. The molecule has 0 saturated carbocycles. The molecule has 0 atom stereocenters. The zero-order chi connectivity index (χ0) is 11.4. The summed E-state index contributed by atoms with van der Waals surface area (Å²) in [6, 6.07) is 0. The normalized spacial score (nSPS) is 12.0. The summed E-state index contributed by atoms with van der Waals surface area (Å²) >= 11 is 0. The highest BCUT2D eigenvalue weighted by molar-refractivity contribution is 4.85. The third-order valence-electron chi connectivity index (χ3n) is 2.75. The third-order valence-corrected chi connectivity index (χ3v) is 2.75. The zero-order valence-electron chi connectivity index (χ0n) is 10.6. The maximum Gasteiger partial charge on any atom is 0.0851 e. The quantitative estimate of drug-likeness (QED) is 0.381. The summed E-state index contributed by atoms with van der Waals surface area (Å²) in [6.07, 6.45) is 15.3. The average molecular weight is 212 g/mol. The molecule has 1 heteroatoms. The van der Waals surface area contributed by atoms with Crippen molar-refractivity contribution in [1.29, 1.82) is 0 Å². The fraction of sp³-hybridized carbons (Fsp3) is 0.857. The maximum atomic E-state index is 8.94. The summed E-state index contributed by atoms with van der Waals surface area (Å²) in [5.74, 6) is 0.467. The van der Waals surface area contributed by atoms with Crippen LogP contribution in [0.15, 0.2) is 11.8 Å². The van der Waals surface area contributed by atoms with Crippen molar-refractivity contribution in [2.24, 2.45) is 0 Å². The fourth-order valence-corrected chi connectivity index (χ4v) is 1.77. The van der Waals surface area contributed by atoms with Crippen LogP contribution in [0.25, 0.3) is 0 Å². The van der Waals surface area contributed by atoms with Gasteiger partial charge in [0.1, 0.15) is 0 Å². The van der Waals surface area contributed by atoms with Crippen LogP contribution < -0.4 is 0 Å². The minimum Gasteiger partial charge on any atom is -0.513 e. The highest BCUT2D eigenvalue weighted by Crippen LogP contribution is 2.10. The lowest BCUT2D eigenvalue weighted by atomic mass is 10.1. The Bertz CT molecular complexity index is 145. The number of hydrogen-bond acceptors (Lipinski definition) is 1. The maximum absolute atomic E-state index is 8.94. The van der Waals surface area contributed by atoms with Gasteiger partial charge in [-0.3, -0.25) is 0 Å². The third kappa shape index (κ3) is 13.5. The molecule has 15 heavy (non-hydrogen) atoms. The van der Waals surface area contributed by atoms with Gasteiger partial charge in [-0.05, 0) is 25.8 Å². The van der Waals surface area contributed by atoms with E-state index in [0.717, 1.165) is 6.42 Å². The minimum absolute atomic E-state index is 0.467. The van der Waals surface area contributed by atoms with Crippen LogP contribution in [0.3, 0.4) is 0 Å². The fourth-order valence-electron chi connectivity index (χ4n) is 1.77. The number of allylic oxidation sites excluding steroid dienone is 2. The molecule has 0 bridgehead atoms. The molecule has 0 heterocycles. The monoisotopic (exact) mass is 212 g/mol. The molecule has 0 aromatic rings. The molecule has 1 N–H and O–H groups in total. The molecule has 1 nitrogen and oxygen atoms in total. The molecular weight excluding hydrogens is 184 g/mol. The Kier molecular flexibility index (Phi) is 11.3. The van der Waals surface area contributed by atoms with Crippen molar-refractivity contribution in [3.8, 4) is 0 Å². The van der Waals surface area contributed by atoms with E-state index in [1.54, 1.807) is 6.92 Å². The molecule has 0 aliphatic rings. The molecule has 0 aliphatic carbocycles. The molecule has 0 aromatic heterocycles. The van der Waals surface area contributed by atoms with Crippen molar-refractivity contribution in [2.75, 3.05) is 0 Å². The Hall–Kier alpha value is -0.460. The first kappa shape index (κ1) is 14.5. The van der Waals surface area contributed by atoms with Gasteiger partial charge in [-0.15, -0.1) is 0 Å². The van der Waals surface area contributed by atoms with Crippen LogP contribution in [0.2, 0.25) is 0 Å². The van der Waals surface area contributed by atoms with E-state index in [9.17, 15) is 0 Å². The second-order valence-corrected chi connectivity index (χ2v) is 4.46. The first-order valence-electron chi connectivity index (χ1n) is 6.63. The van der Waals surface area contributed by atoms with Crippen LogP contribution >= 0.6 is 0 Å². The molecule has 0 amide bonds. The van der Waals surface area contributed by atoms with E-state index in [4.69, 9.17) is 5.11 Å². The Balaban J connectivity index is 2.96. The Morgan fingerprint density at radius 1 is 0.867 bits per heavy atom. The average Bonchev–Trinajstić information content (AvgIpc) is 2.20. The molecule has 0 rings (SSSR count). The molecular formula is C14H28O. The molecule has 0 fully saturated rings. The van der Waals surface area contributed by atoms with Crippen molar-refractivity contribution < 1.29 is 5.11 Å². The summed E-state index contributed by atoms with van der Waals surface area (Å²) < 4.78 is 0. The van der Waals surface area contributed by atoms with Crippen LogP contribution in [0, 0.1) is 0 Å².